The molecule has 0 aromatic heterocycles. The average molecular weight is 315 g/mol. The van der Waals surface area contributed by atoms with Gasteiger partial charge in [-0.1, -0.05) is 6.07 Å². The van der Waals surface area contributed by atoms with Crippen LogP contribution in [0.5, 0.6) is 11.5 Å². The summed E-state index contributed by atoms with van der Waals surface area (Å²) in [5.41, 5.74) is 0.703. The second kappa shape index (κ2) is 5.46. The van der Waals surface area contributed by atoms with Gasteiger partial charge in [-0.15, -0.1) is 0 Å². The van der Waals surface area contributed by atoms with E-state index in [1.807, 2.05) is 0 Å². The number of halogens is 3. The van der Waals surface area contributed by atoms with Crippen molar-refractivity contribution in [2.75, 3.05) is 0 Å². The summed E-state index contributed by atoms with van der Waals surface area (Å²) in [4.78, 5) is 0. The highest BCUT2D eigenvalue weighted by Gasteiger charge is 2.09. The Hall–Kier alpha value is -1.46. The summed E-state index contributed by atoms with van der Waals surface area (Å²) in [5.74, 6) is -1.10. The average Bonchev–Trinajstić information content (AvgIpc) is 2.34. The summed E-state index contributed by atoms with van der Waals surface area (Å²) in [5, 5.41) is 8.95. The number of aliphatic hydroxyl groups is 1. The van der Waals surface area contributed by atoms with Crippen LogP contribution in [0.15, 0.2) is 40.9 Å². The van der Waals surface area contributed by atoms with Crippen molar-refractivity contribution in [1.82, 2.24) is 0 Å². The molecule has 0 fully saturated rings. The van der Waals surface area contributed by atoms with Crippen molar-refractivity contribution in [2.24, 2.45) is 0 Å². The molecule has 2 nitrogen and oxygen atoms in total. The van der Waals surface area contributed by atoms with Crippen LogP contribution >= 0.6 is 15.9 Å². The lowest BCUT2D eigenvalue weighted by atomic mass is 10.2. The highest BCUT2D eigenvalue weighted by atomic mass is 79.9. The van der Waals surface area contributed by atoms with Gasteiger partial charge < -0.3 is 9.84 Å². The zero-order valence-electron chi connectivity index (χ0n) is 9.16. The van der Waals surface area contributed by atoms with Crippen molar-refractivity contribution >= 4 is 15.9 Å². The van der Waals surface area contributed by atoms with Gasteiger partial charge in [0.1, 0.15) is 11.6 Å². The van der Waals surface area contributed by atoms with E-state index in [0.717, 1.165) is 12.1 Å². The van der Waals surface area contributed by atoms with Crippen LogP contribution in [-0.4, -0.2) is 5.11 Å². The molecule has 2 aromatic rings. The van der Waals surface area contributed by atoms with Crippen LogP contribution in [0.4, 0.5) is 8.78 Å². The third-order valence-corrected chi connectivity index (χ3v) is 2.91. The SMILES string of the molecule is OCc1ccc(Oc2ccc(F)cc2F)c(Br)c1. The number of hydrogen-bond donors (Lipinski definition) is 1. The van der Waals surface area contributed by atoms with E-state index in [1.165, 1.54) is 6.07 Å². The molecule has 5 heteroatoms. The van der Waals surface area contributed by atoms with Gasteiger partial charge in [-0.05, 0) is 45.8 Å². The first kappa shape index (κ1) is 13.0. The van der Waals surface area contributed by atoms with Crippen molar-refractivity contribution < 1.29 is 18.6 Å². The molecule has 0 atom stereocenters. The van der Waals surface area contributed by atoms with E-state index in [2.05, 4.69) is 15.9 Å². The predicted octanol–water partition coefficient (Wildman–Crippen LogP) is 4.01. The van der Waals surface area contributed by atoms with E-state index in [1.54, 1.807) is 18.2 Å². The van der Waals surface area contributed by atoms with Crippen LogP contribution < -0.4 is 4.74 Å². The molecule has 0 unspecified atom stereocenters. The van der Waals surface area contributed by atoms with Gasteiger partial charge in [0.25, 0.3) is 0 Å². The Bertz CT molecular complexity index is 573. The Labute approximate surface area is 111 Å². The Kier molecular flexibility index (Phi) is 3.93. The zero-order valence-corrected chi connectivity index (χ0v) is 10.7. The summed E-state index contributed by atoms with van der Waals surface area (Å²) in [6.07, 6.45) is 0. The first-order chi connectivity index (χ1) is 8.60. The highest BCUT2D eigenvalue weighted by molar-refractivity contribution is 9.10. The molecular weight excluding hydrogens is 306 g/mol. The fourth-order valence-electron chi connectivity index (χ4n) is 1.40. The molecule has 1 N–H and O–H groups in total. The minimum Gasteiger partial charge on any atom is -0.453 e. The van der Waals surface area contributed by atoms with Crippen LogP contribution in [0.3, 0.4) is 0 Å². The first-order valence-electron chi connectivity index (χ1n) is 5.12. The maximum atomic E-state index is 13.4. The second-order valence-electron chi connectivity index (χ2n) is 3.60. The largest absolute Gasteiger partial charge is 0.453 e. The van der Waals surface area contributed by atoms with Gasteiger partial charge in [0.05, 0.1) is 11.1 Å². The minimum absolute atomic E-state index is 0.0613. The molecule has 2 rings (SSSR count). The third-order valence-electron chi connectivity index (χ3n) is 2.29. The number of ether oxygens (including phenoxy) is 1. The molecule has 0 spiro atoms. The van der Waals surface area contributed by atoms with Crippen molar-refractivity contribution in [3.05, 3.63) is 58.1 Å². The number of benzene rings is 2. The molecule has 0 amide bonds. The summed E-state index contributed by atoms with van der Waals surface area (Å²) >= 11 is 3.25. The molecule has 0 saturated carbocycles. The van der Waals surface area contributed by atoms with Gasteiger partial charge in [0.2, 0.25) is 0 Å². The standard InChI is InChI=1S/C13H9BrF2O2/c14-10-5-8(7-17)1-3-12(10)18-13-4-2-9(15)6-11(13)16/h1-6,17H,7H2. The molecule has 18 heavy (non-hydrogen) atoms. The summed E-state index contributed by atoms with van der Waals surface area (Å²) in [6.45, 7) is -0.0935. The number of rotatable bonds is 3. The van der Waals surface area contributed by atoms with Crippen molar-refractivity contribution in [3.8, 4) is 11.5 Å². The van der Waals surface area contributed by atoms with Gasteiger partial charge in [-0.25, -0.2) is 8.78 Å². The van der Waals surface area contributed by atoms with Crippen molar-refractivity contribution in [3.63, 3.8) is 0 Å². The predicted molar refractivity (Wildman–Crippen MR) is 66.5 cm³/mol. The van der Waals surface area contributed by atoms with Crippen LogP contribution in [0.2, 0.25) is 0 Å². The smallest absolute Gasteiger partial charge is 0.168 e. The quantitative estimate of drug-likeness (QED) is 0.927. The molecule has 0 saturated heterocycles. The fourth-order valence-corrected chi connectivity index (χ4v) is 1.91. The fraction of sp³-hybridized carbons (Fsp3) is 0.0769. The molecule has 2 aromatic carbocycles. The van der Waals surface area contributed by atoms with E-state index < -0.39 is 11.6 Å². The maximum Gasteiger partial charge on any atom is 0.168 e. The molecule has 94 valence electrons. The maximum absolute atomic E-state index is 13.4. The summed E-state index contributed by atoms with van der Waals surface area (Å²) < 4.78 is 32.0. The Balaban J connectivity index is 2.28. The lowest BCUT2D eigenvalue weighted by Crippen LogP contribution is -1.91. The zero-order chi connectivity index (χ0) is 13.1. The third kappa shape index (κ3) is 2.86. The van der Waals surface area contributed by atoms with Gasteiger partial charge in [-0.3, -0.25) is 0 Å². The first-order valence-corrected chi connectivity index (χ1v) is 5.91. The monoisotopic (exact) mass is 314 g/mol. The van der Waals surface area contributed by atoms with Gasteiger partial charge in [0, 0.05) is 6.07 Å². The lowest BCUT2D eigenvalue weighted by molar-refractivity contribution is 0.281. The number of hydrogen-bond acceptors (Lipinski definition) is 2. The minimum atomic E-state index is -0.770. The van der Waals surface area contributed by atoms with E-state index >= 15 is 0 Å². The van der Waals surface area contributed by atoms with Crippen LogP contribution in [0, 0.1) is 11.6 Å². The van der Waals surface area contributed by atoms with Crippen molar-refractivity contribution in [1.29, 1.82) is 0 Å². The molecule has 0 aliphatic rings. The Morgan fingerprint density at radius 1 is 1.06 bits per heavy atom. The summed E-state index contributed by atoms with van der Waals surface area (Å²) in [6, 6.07) is 8.01. The molecule has 0 radical (unpaired) electrons. The Morgan fingerprint density at radius 2 is 1.78 bits per heavy atom. The second-order valence-corrected chi connectivity index (χ2v) is 4.45. The van der Waals surface area contributed by atoms with Gasteiger partial charge in [-0.2, -0.15) is 0 Å². The molecule has 0 bridgehead atoms. The van der Waals surface area contributed by atoms with E-state index in [-0.39, 0.29) is 12.4 Å². The van der Waals surface area contributed by atoms with E-state index in [4.69, 9.17) is 9.84 Å². The van der Waals surface area contributed by atoms with E-state index in [9.17, 15) is 8.78 Å². The molecule has 0 aliphatic carbocycles. The highest BCUT2D eigenvalue weighted by Crippen LogP contribution is 2.31. The molecule has 0 aliphatic heterocycles. The van der Waals surface area contributed by atoms with Gasteiger partial charge in [0.15, 0.2) is 11.6 Å². The lowest BCUT2D eigenvalue weighted by Gasteiger charge is -2.09. The van der Waals surface area contributed by atoms with Crippen LogP contribution in [-0.2, 0) is 6.61 Å². The Morgan fingerprint density at radius 3 is 2.39 bits per heavy atom. The topological polar surface area (TPSA) is 29.5 Å². The molecular formula is C13H9BrF2O2. The van der Waals surface area contributed by atoms with Crippen LogP contribution in [0.1, 0.15) is 5.56 Å². The van der Waals surface area contributed by atoms with E-state index in [0.29, 0.717) is 15.8 Å². The summed E-state index contributed by atoms with van der Waals surface area (Å²) in [7, 11) is 0. The number of aliphatic hydroxyl groups excluding tert-OH is 1. The van der Waals surface area contributed by atoms with Crippen LogP contribution in [0.25, 0.3) is 0 Å². The van der Waals surface area contributed by atoms with Crippen molar-refractivity contribution in [2.45, 2.75) is 6.61 Å². The van der Waals surface area contributed by atoms with Gasteiger partial charge >= 0.3 is 0 Å². The normalized spacial score (nSPS) is 10.4. The molecule has 0 heterocycles.